The molecule has 3 rings (SSSR count). The van der Waals surface area contributed by atoms with Crippen molar-refractivity contribution in [3.63, 3.8) is 0 Å². The number of aromatic nitrogens is 8. The molecule has 0 amide bonds. The van der Waals surface area contributed by atoms with Crippen molar-refractivity contribution in [2.24, 2.45) is 12.9 Å². The van der Waals surface area contributed by atoms with Gasteiger partial charge in [-0.2, -0.15) is 15.0 Å². The summed E-state index contributed by atoms with van der Waals surface area (Å²) in [7, 11) is 1.86. The van der Waals surface area contributed by atoms with Gasteiger partial charge >= 0.3 is 0 Å². The summed E-state index contributed by atoms with van der Waals surface area (Å²) >= 11 is 0. The molecule has 4 N–H and O–H groups in total. The number of hydrazine groups is 1. The maximum Gasteiger partial charge on any atom is 0.243 e. The number of imidazole rings is 1. The molecule has 0 spiro atoms. The van der Waals surface area contributed by atoms with Gasteiger partial charge in [0.2, 0.25) is 17.8 Å². The first-order valence-electron chi connectivity index (χ1n) is 6.04. The molecule has 0 saturated heterocycles. The molecule has 3 aromatic rings. The fourth-order valence-corrected chi connectivity index (χ4v) is 1.63. The second kappa shape index (κ2) is 5.50. The van der Waals surface area contributed by atoms with Crippen molar-refractivity contribution < 1.29 is 0 Å². The number of nitrogen functional groups attached to an aromatic ring is 1. The summed E-state index contributed by atoms with van der Waals surface area (Å²) in [5, 5.41) is 10.8. The zero-order valence-corrected chi connectivity index (χ0v) is 11.2. The van der Waals surface area contributed by atoms with Crippen LogP contribution in [0.4, 0.5) is 11.9 Å². The monoisotopic (exact) mass is 287 g/mol. The van der Waals surface area contributed by atoms with Gasteiger partial charge in [-0.25, -0.2) is 10.8 Å². The lowest BCUT2D eigenvalue weighted by Gasteiger charge is -2.08. The zero-order chi connectivity index (χ0) is 14.7. The number of nitrogens with one attached hydrogen (secondary N) is 2. The standard InChI is InChI=1S/C10H13N11/c1-20-6-14-19-7(20)4-13-8-15-9(18-11)17-10(16-8)21-3-2-12-5-21/h2-3,5-6H,4,11H2,1H3,(H2,13,15,16,17,18). The third-order valence-corrected chi connectivity index (χ3v) is 2.70. The first-order chi connectivity index (χ1) is 10.3. The van der Waals surface area contributed by atoms with Crippen molar-refractivity contribution in [2.45, 2.75) is 6.54 Å². The van der Waals surface area contributed by atoms with Gasteiger partial charge in [-0.3, -0.25) is 9.99 Å². The topological polar surface area (TPSA) is 137 Å². The molecular weight excluding hydrogens is 274 g/mol. The normalized spacial score (nSPS) is 10.6. The molecule has 11 heteroatoms. The lowest BCUT2D eigenvalue weighted by molar-refractivity contribution is 0.802. The molecule has 0 aliphatic carbocycles. The van der Waals surface area contributed by atoms with Gasteiger partial charge in [0.25, 0.3) is 0 Å². The van der Waals surface area contributed by atoms with E-state index in [0.717, 1.165) is 5.82 Å². The Labute approximate surface area is 119 Å². The average molecular weight is 287 g/mol. The Kier molecular flexibility index (Phi) is 3.39. The van der Waals surface area contributed by atoms with Gasteiger partial charge in [-0.05, 0) is 0 Å². The number of hydrogen-bond donors (Lipinski definition) is 3. The van der Waals surface area contributed by atoms with Gasteiger partial charge in [0.05, 0.1) is 6.54 Å². The molecule has 0 bridgehead atoms. The van der Waals surface area contributed by atoms with Crippen LogP contribution in [0.3, 0.4) is 0 Å². The molecule has 0 saturated carbocycles. The first-order valence-corrected chi connectivity index (χ1v) is 6.04. The molecule has 108 valence electrons. The Bertz CT molecular complexity index is 716. The van der Waals surface area contributed by atoms with E-state index in [0.29, 0.717) is 18.4 Å². The maximum atomic E-state index is 5.37. The molecule has 0 aliphatic rings. The van der Waals surface area contributed by atoms with Crippen LogP contribution in [-0.4, -0.2) is 39.3 Å². The predicted octanol–water partition coefficient (Wildman–Crippen LogP) is -0.916. The van der Waals surface area contributed by atoms with Gasteiger partial charge in [0.1, 0.15) is 12.7 Å². The van der Waals surface area contributed by atoms with Crippen LogP contribution in [0.1, 0.15) is 5.82 Å². The molecule has 3 aromatic heterocycles. The highest BCUT2D eigenvalue weighted by Gasteiger charge is 2.08. The number of anilines is 2. The van der Waals surface area contributed by atoms with Crippen LogP contribution in [0.5, 0.6) is 0 Å². The SMILES string of the molecule is Cn1cnnc1CNc1nc(NN)nc(-n2ccnc2)n1. The Morgan fingerprint density at radius 1 is 1.19 bits per heavy atom. The van der Waals surface area contributed by atoms with E-state index in [-0.39, 0.29) is 5.95 Å². The number of aryl methyl sites for hydroxylation is 1. The number of nitrogens with two attached hydrogens (primary N) is 1. The van der Waals surface area contributed by atoms with Crippen LogP contribution in [0.25, 0.3) is 5.95 Å². The van der Waals surface area contributed by atoms with Crippen molar-refractivity contribution in [1.29, 1.82) is 0 Å². The van der Waals surface area contributed by atoms with E-state index in [4.69, 9.17) is 5.84 Å². The van der Waals surface area contributed by atoms with Crippen LogP contribution in [0.2, 0.25) is 0 Å². The van der Waals surface area contributed by atoms with Gasteiger partial charge in [0, 0.05) is 19.4 Å². The van der Waals surface area contributed by atoms with E-state index in [9.17, 15) is 0 Å². The summed E-state index contributed by atoms with van der Waals surface area (Å²) in [6.45, 7) is 0.424. The molecule has 0 unspecified atom stereocenters. The molecule has 0 atom stereocenters. The summed E-state index contributed by atoms with van der Waals surface area (Å²) in [5.41, 5.74) is 2.41. The smallest absolute Gasteiger partial charge is 0.243 e. The van der Waals surface area contributed by atoms with E-state index in [1.165, 1.54) is 0 Å². The summed E-state index contributed by atoms with van der Waals surface area (Å²) < 4.78 is 3.45. The minimum atomic E-state index is 0.245. The second-order valence-corrected chi connectivity index (χ2v) is 4.11. The van der Waals surface area contributed by atoms with Crippen LogP contribution < -0.4 is 16.6 Å². The van der Waals surface area contributed by atoms with Gasteiger partial charge in [-0.15, -0.1) is 10.2 Å². The van der Waals surface area contributed by atoms with Gasteiger partial charge in [-0.1, -0.05) is 0 Å². The summed E-state index contributed by atoms with van der Waals surface area (Å²) in [4.78, 5) is 16.5. The molecule has 0 aliphatic heterocycles. The Hall–Kier alpha value is -3.08. The summed E-state index contributed by atoms with van der Waals surface area (Å²) in [6, 6.07) is 0. The van der Waals surface area contributed by atoms with E-state index >= 15 is 0 Å². The lowest BCUT2D eigenvalue weighted by Crippen LogP contribution is -2.16. The van der Waals surface area contributed by atoms with Crippen molar-refractivity contribution in [1.82, 2.24) is 39.3 Å². The highest BCUT2D eigenvalue weighted by Crippen LogP contribution is 2.09. The van der Waals surface area contributed by atoms with Crippen LogP contribution >= 0.6 is 0 Å². The van der Waals surface area contributed by atoms with Crippen molar-refractivity contribution in [2.75, 3.05) is 10.7 Å². The third-order valence-electron chi connectivity index (χ3n) is 2.70. The molecule has 3 heterocycles. The second-order valence-electron chi connectivity index (χ2n) is 4.11. The highest BCUT2D eigenvalue weighted by atomic mass is 15.4. The molecule has 0 aromatic carbocycles. The van der Waals surface area contributed by atoms with E-state index in [2.05, 4.69) is 40.9 Å². The van der Waals surface area contributed by atoms with E-state index in [1.807, 2.05) is 7.05 Å². The van der Waals surface area contributed by atoms with Crippen LogP contribution in [-0.2, 0) is 13.6 Å². The maximum absolute atomic E-state index is 5.37. The summed E-state index contributed by atoms with van der Waals surface area (Å²) in [5.74, 6) is 7.13. The quantitative estimate of drug-likeness (QED) is 0.402. The van der Waals surface area contributed by atoms with E-state index in [1.54, 1.807) is 34.2 Å². The van der Waals surface area contributed by atoms with Crippen LogP contribution in [0.15, 0.2) is 25.0 Å². The zero-order valence-electron chi connectivity index (χ0n) is 11.2. The average Bonchev–Trinajstić information content (AvgIpc) is 3.16. The Morgan fingerprint density at radius 3 is 2.71 bits per heavy atom. The highest BCUT2D eigenvalue weighted by molar-refractivity contribution is 5.37. The van der Waals surface area contributed by atoms with E-state index < -0.39 is 0 Å². The Balaban J connectivity index is 1.84. The van der Waals surface area contributed by atoms with Gasteiger partial charge < -0.3 is 9.88 Å². The molecule has 21 heavy (non-hydrogen) atoms. The third kappa shape index (κ3) is 2.76. The largest absolute Gasteiger partial charge is 0.347 e. The van der Waals surface area contributed by atoms with Crippen molar-refractivity contribution >= 4 is 11.9 Å². The van der Waals surface area contributed by atoms with Gasteiger partial charge in [0.15, 0.2) is 5.82 Å². The molecule has 11 nitrogen and oxygen atoms in total. The number of hydrogen-bond acceptors (Lipinski definition) is 9. The fourth-order valence-electron chi connectivity index (χ4n) is 1.63. The van der Waals surface area contributed by atoms with Crippen LogP contribution in [0, 0.1) is 0 Å². The number of nitrogens with zero attached hydrogens (tertiary/aromatic N) is 8. The fraction of sp³-hybridized carbons (Fsp3) is 0.200. The van der Waals surface area contributed by atoms with Crippen molar-refractivity contribution in [3.05, 3.63) is 30.9 Å². The van der Waals surface area contributed by atoms with Crippen molar-refractivity contribution in [3.8, 4) is 5.95 Å². The first kappa shape index (κ1) is 12.9. The lowest BCUT2D eigenvalue weighted by atomic mass is 10.6. The summed E-state index contributed by atoms with van der Waals surface area (Å²) in [6.07, 6.45) is 6.56. The minimum absolute atomic E-state index is 0.245. The molecular formula is C10H13N11. The predicted molar refractivity (Wildman–Crippen MR) is 73.1 cm³/mol. The molecule has 0 fully saturated rings. The molecule has 0 radical (unpaired) electrons. The number of rotatable bonds is 5. The minimum Gasteiger partial charge on any atom is -0.347 e. The Morgan fingerprint density at radius 2 is 2.05 bits per heavy atom.